The molecule has 2 atom stereocenters. The summed E-state index contributed by atoms with van der Waals surface area (Å²) in [5.74, 6) is 0. The molecule has 0 amide bonds. The molecule has 3 nitrogen and oxygen atoms in total. The summed E-state index contributed by atoms with van der Waals surface area (Å²) in [5, 5.41) is 0. The highest BCUT2D eigenvalue weighted by atomic mass is 79.9. The van der Waals surface area contributed by atoms with Crippen molar-refractivity contribution in [2.45, 2.75) is 25.2 Å². The van der Waals surface area contributed by atoms with Gasteiger partial charge in [0.1, 0.15) is 0 Å². The third kappa shape index (κ3) is 3.04. The van der Waals surface area contributed by atoms with E-state index in [-0.39, 0.29) is 12.4 Å². The van der Waals surface area contributed by atoms with Gasteiger partial charge in [0.2, 0.25) is 0 Å². The molecular formula is C12H16BrNO2. The largest absolute Gasteiger partial charge is 0.350 e. The van der Waals surface area contributed by atoms with Gasteiger partial charge in [-0.1, -0.05) is 34.1 Å². The second-order valence-electron chi connectivity index (χ2n) is 3.89. The van der Waals surface area contributed by atoms with Gasteiger partial charge in [0.25, 0.3) is 0 Å². The van der Waals surface area contributed by atoms with E-state index < -0.39 is 0 Å². The third-order valence-corrected chi connectivity index (χ3v) is 3.42. The molecule has 0 spiro atoms. The second kappa shape index (κ2) is 5.77. The summed E-state index contributed by atoms with van der Waals surface area (Å²) < 4.78 is 12.4. The van der Waals surface area contributed by atoms with Crippen molar-refractivity contribution < 1.29 is 9.47 Å². The van der Waals surface area contributed by atoms with E-state index in [1.165, 1.54) is 5.56 Å². The van der Waals surface area contributed by atoms with E-state index in [9.17, 15) is 0 Å². The van der Waals surface area contributed by atoms with Crippen LogP contribution in [0.1, 0.15) is 12.0 Å². The molecule has 4 heteroatoms. The van der Waals surface area contributed by atoms with Gasteiger partial charge in [-0.15, -0.1) is 0 Å². The van der Waals surface area contributed by atoms with Gasteiger partial charge in [0.05, 0.1) is 12.7 Å². The van der Waals surface area contributed by atoms with E-state index in [4.69, 9.17) is 15.2 Å². The van der Waals surface area contributed by atoms with Crippen LogP contribution in [-0.2, 0) is 15.9 Å². The van der Waals surface area contributed by atoms with Crippen LogP contribution >= 0.6 is 15.9 Å². The van der Waals surface area contributed by atoms with Crippen LogP contribution in [0.4, 0.5) is 0 Å². The third-order valence-electron chi connectivity index (χ3n) is 2.65. The Bertz CT molecular complexity index is 346. The molecule has 1 heterocycles. The van der Waals surface area contributed by atoms with Gasteiger partial charge in [0.15, 0.2) is 6.29 Å². The minimum atomic E-state index is -0.129. The van der Waals surface area contributed by atoms with E-state index in [0.717, 1.165) is 17.3 Å². The Morgan fingerprint density at radius 1 is 1.38 bits per heavy atom. The molecule has 16 heavy (non-hydrogen) atoms. The molecule has 0 bridgehead atoms. The van der Waals surface area contributed by atoms with Crippen LogP contribution in [0.15, 0.2) is 28.7 Å². The van der Waals surface area contributed by atoms with E-state index in [1.54, 1.807) is 0 Å². The molecule has 1 fully saturated rings. The van der Waals surface area contributed by atoms with Crippen molar-refractivity contribution >= 4 is 15.9 Å². The van der Waals surface area contributed by atoms with Crippen LogP contribution in [0, 0.1) is 0 Å². The molecule has 88 valence electrons. The Morgan fingerprint density at radius 3 is 2.94 bits per heavy atom. The van der Waals surface area contributed by atoms with Crippen molar-refractivity contribution in [3.8, 4) is 0 Å². The van der Waals surface area contributed by atoms with E-state index >= 15 is 0 Å². The number of hydrogen-bond donors (Lipinski definition) is 1. The average molecular weight is 286 g/mol. The minimum absolute atomic E-state index is 0.129. The maximum atomic E-state index is 5.74. The molecule has 0 radical (unpaired) electrons. The molecule has 1 saturated heterocycles. The summed E-state index contributed by atoms with van der Waals surface area (Å²) >= 11 is 3.52. The normalized spacial score (nSPS) is 24.9. The lowest BCUT2D eigenvalue weighted by molar-refractivity contribution is -0.0564. The number of benzene rings is 1. The van der Waals surface area contributed by atoms with Crippen molar-refractivity contribution in [2.24, 2.45) is 5.73 Å². The predicted molar refractivity (Wildman–Crippen MR) is 66.1 cm³/mol. The lowest BCUT2D eigenvalue weighted by Crippen LogP contribution is -2.18. The maximum absolute atomic E-state index is 5.74. The fourth-order valence-corrected chi connectivity index (χ4v) is 2.24. The highest BCUT2D eigenvalue weighted by molar-refractivity contribution is 9.10. The Hall–Kier alpha value is -0.420. The van der Waals surface area contributed by atoms with Gasteiger partial charge in [-0.05, 0) is 24.6 Å². The first kappa shape index (κ1) is 12.0. The van der Waals surface area contributed by atoms with Crippen molar-refractivity contribution in [1.29, 1.82) is 0 Å². The van der Waals surface area contributed by atoms with Gasteiger partial charge < -0.3 is 15.2 Å². The number of hydrogen-bond acceptors (Lipinski definition) is 3. The number of rotatable bonds is 4. The Balaban J connectivity index is 1.90. The number of halogens is 1. The number of ether oxygens (including phenoxy) is 2. The summed E-state index contributed by atoms with van der Waals surface area (Å²) in [7, 11) is 0. The molecule has 1 aromatic rings. The van der Waals surface area contributed by atoms with Crippen LogP contribution in [0.3, 0.4) is 0 Å². The standard InChI is InChI=1S/C12H16BrNO2/c13-11-4-2-1-3-9(11)7-12-15-8-10(16-12)5-6-14/h1-4,10,12H,5-8,14H2. The average Bonchev–Trinajstić information content (AvgIpc) is 2.70. The van der Waals surface area contributed by atoms with Gasteiger partial charge in [-0.3, -0.25) is 0 Å². The van der Waals surface area contributed by atoms with E-state index in [0.29, 0.717) is 13.2 Å². The summed E-state index contributed by atoms with van der Waals surface area (Å²) in [6.07, 6.45) is 1.68. The van der Waals surface area contributed by atoms with Crippen LogP contribution in [0.5, 0.6) is 0 Å². The molecule has 2 N–H and O–H groups in total. The van der Waals surface area contributed by atoms with Crippen LogP contribution in [-0.4, -0.2) is 25.5 Å². The first-order valence-electron chi connectivity index (χ1n) is 5.50. The van der Waals surface area contributed by atoms with Gasteiger partial charge in [-0.2, -0.15) is 0 Å². The molecule has 0 aliphatic carbocycles. The zero-order valence-corrected chi connectivity index (χ0v) is 10.7. The molecule has 1 aliphatic rings. The van der Waals surface area contributed by atoms with E-state index in [2.05, 4.69) is 22.0 Å². The Morgan fingerprint density at radius 2 is 2.19 bits per heavy atom. The van der Waals surface area contributed by atoms with Crippen molar-refractivity contribution in [3.05, 3.63) is 34.3 Å². The monoisotopic (exact) mass is 285 g/mol. The van der Waals surface area contributed by atoms with Crippen LogP contribution < -0.4 is 5.73 Å². The lowest BCUT2D eigenvalue weighted by atomic mass is 10.1. The Labute approximate surface area is 104 Å². The SMILES string of the molecule is NCCC1COC(Cc2ccccc2Br)O1. The fraction of sp³-hybridized carbons (Fsp3) is 0.500. The first-order valence-corrected chi connectivity index (χ1v) is 6.29. The summed E-state index contributed by atoms with van der Waals surface area (Å²) in [6.45, 7) is 1.31. The van der Waals surface area contributed by atoms with E-state index in [1.807, 2.05) is 18.2 Å². The summed E-state index contributed by atoms with van der Waals surface area (Å²) in [5.41, 5.74) is 6.70. The van der Waals surface area contributed by atoms with Crippen molar-refractivity contribution in [1.82, 2.24) is 0 Å². The minimum Gasteiger partial charge on any atom is -0.350 e. The number of nitrogens with two attached hydrogens (primary N) is 1. The van der Waals surface area contributed by atoms with Crippen LogP contribution in [0.2, 0.25) is 0 Å². The molecular weight excluding hydrogens is 270 g/mol. The topological polar surface area (TPSA) is 44.5 Å². The first-order chi connectivity index (χ1) is 7.79. The molecule has 2 unspecified atom stereocenters. The fourth-order valence-electron chi connectivity index (χ4n) is 1.80. The molecule has 0 saturated carbocycles. The van der Waals surface area contributed by atoms with Gasteiger partial charge in [0, 0.05) is 10.9 Å². The van der Waals surface area contributed by atoms with Gasteiger partial charge >= 0.3 is 0 Å². The quantitative estimate of drug-likeness (QED) is 0.921. The zero-order chi connectivity index (χ0) is 11.4. The van der Waals surface area contributed by atoms with Gasteiger partial charge in [-0.25, -0.2) is 0 Å². The zero-order valence-electron chi connectivity index (χ0n) is 9.06. The highest BCUT2D eigenvalue weighted by Crippen LogP contribution is 2.22. The molecule has 2 rings (SSSR count). The molecule has 1 aliphatic heterocycles. The maximum Gasteiger partial charge on any atom is 0.162 e. The smallest absolute Gasteiger partial charge is 0.162 e. The van der Waals surface area contributed by atoms with Crippen LogP contribution in [0.25, 0.3) is 0 Å². The predicted octanol–water partition coefficient (Wildman–Crippen LogP) is 2.08. The molecule has 0 aromatic heterocycles. The summed E-state index contributed by atoms with van der Waals surface area (Å²) in [4.78, 5) is 0. The second-order valence-corrected chi connectivity index (χ2v) is 4.75. The Kier molecular flexibility index (Phi) is 4.35. The highest BCUT2D eigenvalue weighted by Gasteiger charge is 2.25. The molecule has 1 aromatic carbocycles. The van der Waals surface area contributed by atoms with Crippen molar-refractivity contribution in [3.63, 3.8) is 0 Å². The van der Waals surface area contributed by atoms with Crippen molar-refractivity contribution in [2.75, 3.05) is 13.2 Å². The lowest BCUT2D eigenvalue weighted by Gasteiger charge is -2.11. The summed E-state index contributed by atoms with van der Waals surface area (Å²) in [6, 6.07) is 8.13.